The third kappa shape index (κ3) is 4.96. The average molecular weight is 506 g/mol. The Labute approximate surface area is 226 Å². The predicted octanol–water partition coefficient (Wildman–Crippen LogP) is 9.45. The van der Waals surface area contributed by atoms with Gasteiger partial charge in [-0.05, 0) is 73.5 Å². The summed E-state index contributed by atoms with van der Waals surface area (Å²) >= 11 is 0. The van der Waals surface area contributed by atoms with Gasteiger partial charge < -0.3 is 0 Å². The van der Waals surface area contributed by atoms with Crippen molar-refractivity contribution in [2.24, 2.45) is 0 Å². The third-order valence-corrected chi connectivity index (χ3v) is 9.42. The molecular formula is C36H31NSi. The number of aromatic nitrogens is 1. The van der Waals surface area contributed by atoms with Gasteiger partial charge in [-0.25, -0.2) is 0 Å². The molecule has 38 heavy (non-hydrogen) atoms. The van der Waals surface area contributed by atoms with Crippen LogP contribution in [0.4, 0.5) is 0 Å². The van der Waals surface area contributed by atoms with E-state index in [1.165, 1.54) is 54.9 Å². The van der Waals surface area contributed by atoms with Gasteiger partial charge in [-0.1, -0.05) is 128 Å². The van der Waals surface area contributed by atoms with E-state index in [1.807, 2.05) is 18.5 Å². The number of hydrogen-bond acceptors (Lipinski definition) is 1. The van der Waals surface area contributed by atoms with Crippen LogP contribution in [0.5, 0.6) is 0 Å². The molecule has 6 aromatic rings. The monoisotopic (exact) mass is 505 g/mol. The molecule has 2 heteroatoms. The number of pyridine rings is 1. The first-order valence-electron chi connectivity index (χ1n) is 13.2. The summed E-state index contributed by atoms with van der Waals surface area (Å²) in [6.07, 6.45) is 3.71. The van der Waals surface area contributed by atoms with Crippen LogP contribution >= 0.6 is 0 Å². The lowest BCUT2D eigenvalue weighted by Gasteiger charge is -2.16. The molecule has 0 atom stereocenters. The average Bonchev–Trinajstić information content (AvgIpc) is 2.97. The number of hydrogen-bond donors (Lipinski definition) is 0. The van der Waals surface area contributed by atoms with Crippen LogP contribution in [0.15, 0.2) is 134 Å². The van der Waals surface area contributed by atoms with Crippen molar-refractivity contribution in [2.45, 2.75) is 19.6 Å². The van der Waals surface area contributed by atoms with E-state index in [9.17, 15) is 0 Å². The maximum absolute atomic E-state index is 4.24. The molecule has 5 aromatic carbocycles. The number of nitrogens with zero attached hydrogens (tertiary/aromatic N) is 1. The van der Waals surface area contributed by atoms with Gasteiger partial charge in [0.25, 0.3) is 0 Å². The Kier molecular flexibility index (Phi) is 6.27. The Morgan fingerprint density at radius 3 is 1.29 bits per heavy atom. The molecule has 0 aliphatic heterocycles. The first-order chi connectivity index (χ1) is 18.4. The van der Waals surface area contributed by atoms with Gasteiger partial charge in [-0.3, -0.25) is 4.98 Å². The van der Waals surface area contributed by atoms with Crippen LogP contribution in [0.3, 0.4) is 0 Å². The summed E-state index contributed by atoms with van der Waals surface area (Å²) in [5, 5.41) is 4.00. The van der Waals surface area contributed by atoms with Crippen molar-refractivity contribution in [3.8, 4) is 44.5 Å². The van der Waals surface area contributed by atoms with E-state index in [2.05, 4.69) is 140 Å². The zero-order chi connectivity index (χ0) is 26.1. The van der Waals surface area contributed by atoms with Gasteiger partial charge in [0.15, 0.2) is 0 Å². The lowest BCUT2D eigenvalue weighted by molar-refractivity contribution is 1.33. The predicted molar refractivity (Wildman–Crippen MR) is 166 cm³/mol. The maximum atomic E-state index is 4.24. The molecule has 0 fully saturated rings. The Hall–Kier alpha value is -4.27. The molecule has 0 N–H and O–H groups in total. The largest absolute Gasteiger partial charge is 0.264 e. The highest BCUT2D eigenvalue weighted by Crippen LogP contribution is 2.31. The Morgan fingerprint density at radius 2 is 0.842 bits per heavy atom. The number of benzene rings is 5. The maximum Gasteiger partial charge on any atom is 0.0775 e. The summed E-state index contributed by atoms with van der Waals surface area (Å²) in [5.74, 6) is 0. The highest BCUT2D eigenvalue weighted by atomic mass is 28.3. The van der Waals surface area contributed by atoms with Crippen molar-refractivity contribution in [3.63, 3.8) is 0 Å². The van der Waals surface area contributed by atoms with E-state index in [1.54, 1.807) is 0 Å². The lowest BCUT2D eigenvalue weighted by atomic mass is 9.96. The van der Waals surface area contributed by atoms with Crippen molar-refractivity contribution >= 4 is 24.0 Å². The molecule has 0 bridgehead atoms. The van der Waals surface area contributed by atoms with E-state index in [0.717, 1.165) is 5.56 Å². The van der Waals surface area contributed by atoms with Gasteiger partial charge in [-0.2, -0.15) is 0 Å². The molecule has 0 aliphatic carbocycles. The molecule has 0 unspecified atom stereocenters. The smallest absolute Gasteiger partial charge is 0.0775 e. The number of fused-ring (bicyclic) bond motifs is 1. The summed E-state index contributed by atoms with van der Waals surface area (Å²) in [6, 6.07) is 44.4. The SMILES string of the molecule is C[Si](C)(C)c1ccc(-c2ccc(-c3ccc4ccc(-c5ccc(-c6cccnc6)cc5)cc4c3)cc2)cc1. The molecule has 0 spiro atoms. The summed E-state index contributed by atoms with van der Waals surface area (Å²) in [4.78, 5) is 4.24. The Morgan fingerprint density at radius 1 is 0.421 bits per heavy atom. The standard InChI is InChI=1S/C36H31NSi/c1-38(2,3)36-20-18-27(19-21-36)26-6-8-28(9-7-26)32-16-14-31-15-17-33(24-35(31)23-32)29-10-12-30(13-11-29)34-5-4-22-37-25-34/h4-25H,1-3H3. The molecule has 0 aliphatic rings. The zero-order valence-corrected chi connectivity index (χ0v) is 23.1. The topological polar surface area (TPSA) is 12.9 Å². The Balaban J connectivity index is 1.26. The van der Waals surface area contributed by atoms with E-state index >= 15 is 0 Å². The summed E-state index contributed by atoms with van der Waals surface area (Å²) in [6.45, 7) is 7.18. The van der Waals surface area contributed by atoms with E-state index < -0.39 is 8.07 Å². The van der Waals surface area contributed by atoms with E-state index in [-0.39, 0.29) is 0 Å². The molecule has 1 heterocycles. The first kappa shape index (κ1) is 24.1. The second-order valence-electron chi connectivity index (χ2n) is 11.0. The van der Waals surface area contributed by atoms with Gasteiger partial charge in [-0.15, -0.1) is 0 Å². The number of rotatable bonds is 5. The molecule has 0 radical (unpaired) electrons. The van der Waals surface area contributed by atoms with Crippen LogP contribution in [0.1, 0.15) is 0 Å². The quantitative estimate of drug-likeness (QED) is 0.213. The highest BCUT2D eigenvalue weighted by molar-refractivity contribution is 6.88. The fourth-order valence-corrected chi connectivity index (χ4v) is 6.18. The second kappa shape index (κ2) is 9.89. The molecule has 0 saturated carbocycles. The summed E-state index contributed by atoms with van der Waals surface area (Å²) in [5.41, 5.74) is 9.77. The van der Waals surface area contributed by atoms with E-state index in [0.29, 0.717) is 0 Å². The van der Waals surface area contributed by atoms with E-state index in [4.69, 9.17) is 0 Å². The van der Waals surface area contributed by atoms with Crippen molar-refractivity contribution in [1.29, 1.82) is 0 Å². The van der Waals surface area contributed by atoms with Crippen LogP contribution < -0.4 is 5.19 Å². The summed E-state index contributed by atoms with van der Waals surface area (Å²) < 4.78 is 0. The molecule has 184 valence electrons. The van der Waals surface area contributed by atoms with Gasteiger partial charge in [0.2, 0.25) is 0 Å². The summed E-state index contributed by atoms with van der Waals surface area (Å²) in [7, 11) is -1.28. The fourth-order valence-electron chi connectivity index (χ4n) is 5.01. The normalized spacial score (nSPS) is 11.6. The van der Waals surface area contributed by atoms with Crippen LogP contribution in [0, 0.1) is 0 Å². The zero-order valence-electron chi connectivity index (χ0n) is 22.1. The van der Waals surface area contributed by atoms with Crippen molar-refractivity contribution in [2.75, 3.05) is 0 Å². The molecule has 1 aromatic heterocycles. The molecule has 0 amide bonds. The first-order valence-corrected chi connectivity index (χ1v) is 16.7. The van der Waals surface area contributed by atoms with Gasteiger partial charge in [0.05, 0.1) is 8.07 Å². The molecule has 6 rings (SSSR count). The third-order valence-electron chi connectivity index (χ3n) is 7.36. The molecular weight excluding hydrogens is 474 g/mol. The van der Waals surface area contributed by atoms with Gasteiger partial charge in [0.1, 0.15) is 0 Å². The molecule has 0 saturated heterocycles. The highest BCUT2D eigenvalue weighted by Gasteiger charge is 2.15. The fraction of sp³-hybridized carbons (Fsp3) is 0.0833. The second-order valence-corrected chi connectivity index (χ2v) is 16.1. The van der Waals surface area contributed by atoms with Crippen LogP contribution in [0.2, 0.25) is 19.6 Å². The minimum Gasteiger partial charge on any atom is -0.264 e. The van der Waals surface area contributed by atoms with Crippen molar-refractivity contribution in [3.05, 3.63) is 134 Å². The van der Waals surface area contributed by atoms with Crippen LogP contribution in [-0.2, 0) is 0 Å². The van der Waals surface area contributed by atoms with Gasteiger partial charge >= 0.3 is 0 Å². The van der Waals surface area contributed by atoms with Crippen LogP contribution in [-0.4, -0.2) is 13.1 Å². The minimum atomic E-state index is -1.28. The minimum absolute atomic E-state index is 1.14. The Bertz CT molecular complexity index is 1690. The van der Waals surface area contributed by atoms with Crippen molar-refractivity contribution in [1.82, 2.24) is 4.98 Å². The van der Waals surface area contributed by atoms with Crippen molar-refractivity contribution < 1.29 is 0 Å². The van der Waals surface area contributed by atoms with Gasteiger partial charge in [0, 0.05) is 12.4 Å². The lowest BCUT2D eigenvalue weighted by Crippen LogP contribution is -2.37. The van der Waals surface area contributed by atoms with Crippen LogP contribution in [0.25, 0.3) is 55.3 Å². The molecule has 1 nitrogen and oxygen atoms in total.